The van der Waals surface area contributed by atoms with E-state index in [1.54, 1.807) is 0 Å². The van der Waals surface area contributed by atoms with Gasteiger partial charge in [-0.05, 0) is 25.3 Å². The fraction of sp³-hybridized carbons (Fsp3) is 0.667. The molecule has 1 unspecified atom stereocenters. The van der Waals surface area contributed by atoms with Crippen LogP contribution in [0.15, 0.2) is 6.07 Å². The highest BCUT2D eigenvalue weighted by Gasteiger charge is 2.18. The molecule has 1 aliphatic rings. The van der Waals surface area contributed by atoms with E-state index in [4.69, 9.17) is 0 Å². The van der Waals surface area contributed by atoms with Crippen LogP contribution in [0.2, 0.25) is 0 Å². The van der Waals surface area contributed by atoms with Gasteiger partial charge in [-0.2, -0.15) is 5.10 Å². The standard InChI is InChI=1S/C12H20N4O/c1-8(2)10-7-11(16-15-10)14-12(17)6-9-4-3-5-13-9/h7-9,13H,3-6H2,1-2H3,(H2,14,15,16,17). The van der Waals surface area contributed by atoms with E-state index in [1.165, 1.54) is 0 Å². The molecule has 0 spiro atoms. The maximum Gasteiger partial charge on any atom is 0.227 e. The molecule has 2 rings (SSSR count). The number of carbonyl (C=O) groups excluding carboxylic acids is 1. The topological polar surface area (TPSA) is 69.8 Å². The maximum absolute atomic E-state index is 11.7. The molecule has 1 aliphatic heterocycles. The molecule has 1 aromatic heterocycles. The van der Waals surface area contributed by atoms with E-state index in [0.717, 1.165) is 25.1 Å². The minimum atomic E-state index is 0.0335. The first-order chi connectivity index (χ1) is 8.15. The molecule has 5 heteroatoms. The third-order valence-corrected chi connectivity index (χ3v) is 3.08. The zero-order valence-corrected chi connectivity index (χ0v) is 10.4. The lowest BCUT2D eigenvalue weighted by molar-refractivity contribution is -0.116. The summed E-state index contributed by atoms with van der Waals surface area (Å²) in [5, 5.41) is 13.1. The van der Waals surface area contributed by atoms with Gasteiger partial charge >= 0.3 is 0 Å². The molecule has 1 amide bonds. The van der Waals surface area contributed by atoms with Gasteiger partial charge in [0.15, 0.2) is 5.82 Å². The Hall–Kier alpha value is -1.36. The van der Waals surface area contributed by atoms with Crippen molar-refractivity contribution in [2.45, 2.75) is 45.1 Å². The number of amides is 1. The van der Waals surface area contributed by atoms with Crippen LogP contribution in [-0.2, 0) is 4.79 Å². The van der Waals surface area contributed by atoms with Gasteiger partial charge in [0.25, 0.3) is 0 Å². The van der Waals surface area contributed by atoms with Gasteiger partial charge in [-0.15, -0.1) is 0 Å². The summed E-state index contributed by atoms with van der Waals surface area (Å²) in [4.78, 5) is 11.7. The third kappa shape index (κ3) is 3.30. The van der Waals surface area contributed by atoms with Crippen LogP contribution in [0.5, 0.6) is 0 Å². The summed E-state index contributed by atoms with van der Waals surface area (Å²) in [5.74, 6) is 1.05. The second-order valence-corrected chi connectivity index (χ2v) is 4.91. The van der Waals surface area contributed by atoms with Crippen LogP contribution < -0.4 is 10.6 Å². The molecule has 5 nitrogen and oxygen atoms in total. The lowest BCUT2D eigenvalue weighted by atomic mass is 10.1. The van der Waals surface area contributed by atoms with Crippen LogP contribution >= 0.6 is 0 Å². The Morgan fingerprint density at radius 3 is 3.06 bits per heavy atom. The average Bonchev–Trinajstić information content (AvgIpc) is 2.88. The zero-order chi connectivity index (χ0) is 12.3. The second-order valence-electron chi connectivity index (χ2n) is 4.91. The van der Waals surface area contributed by atoms with Gasteiger partial charge in [0.2, 0.25) is 5.91 Å². The molecule has 1 atom stereocenters. The first-order valence-corrected chi connectivity index (χ1v) is 6.23. The monoisotopic (exact) mass is 236 g/mol. The Bertz CT molecular complexity index is 380. The highest BCUT2D eigenvalue weighted by atomic mass is 16.1. The van der Waals surface area contributed by atoms with E-state index >= 15 is 0 Å². The molecule has 0 bridgehead atoms. The van der Waals surface area contributed by atoms with E-state index in [2.05, 4.69) is 34.7 Å². The maximum atomic E-state index is 11.7. The second kappa shape index (κ2) is 5.31. The Morgan fingerprint density at radius 1 is 1.65 bits per heavy atom. The highest BCUT2D eigenvalue weighted by molar-refractivity contribution is 5.90. The van der Waals surface area contributed by atoms with Crippen LogP contribution in [0.3, 0.4) is 0 Å². The molecule has 3 N–H and O–H groups in total. The Kier molecular flexibility index (Phi) is 3.78. The number of nitrogens with one attached hydrogen (secondary N) is 3. The van der Waals surface area contributed by atoms with Crippen molar-refractivity contribution in [1.82, 2.24) is 15.5 Å². The average molecular weight is 236 g/mol. The summed E-state index contributed by atoms with van der Waals surface area (Å²) in [6, 6.07) is 2.23. The minimum Gasteiger partial charge on any atom is -0.313 e. The van der Waals surface area contributed by atoms with E-state index in [0.29, 0.717) is 24.2 Å². The molecule has 1 saturated heterocycles. The quantitative estimate of drug-likeness (QED) is 0.744. The van der Waals surface area contributed by atoms with Crippen LogP contribution in [0.1, 0.15) is 44.7 Å². The van der Waals surface area contributed by atoms with Gasteiger partial charge in [0.1, 0.15) is 0 Å². The SMILES string of the molecule is CC(C)c1cc(NC(=O)CC2CCCN2)n[nH]1. The Morgan fingerprint density at radius 2 is 2.47 bits per heavy atom. The molecule has 1 aromatic rings. The van der Waals surface area contributed by atoms with Crippen molar-refractivity contribution >= 4 is 11.7 Å². The van der Waals surface area contributed by atoms with Crippen LogP contribution in [0, 0.1) is 0 Å². The van der Waals surface area contributed by atoms with E-state index in [-0.39, 0.29) is 5.91 Å². The summed E-state index contributed by atoms with van der Waals surface area (Å²) in [6.45, 7) is 5.20. The Labute approximate surface area is 101 Å². The van der Waals surface area contributed by atoms with Crippen LogP contribution in [0.25, 0.3) is 0 Å². The molecule has 0 radical (unpaired) electrons. The number of nitrogens with zero attached hydrogens (tertiary/aromatic N) is 1. The zero-order valence-electron chi connectivity index (χ0n) is 10.4. The summed E-state index contributed by atoms with van der Waals surface area (Å²) in [7, 11) is 0. The number of H-pyrrole nitrogens is 1. The van der Waals surface area contributed by atoms with Crippen molar-refractivity contribution in [3.63, 3.8) is 0 Å². The molecule has 2 heterocycles. The van der Waals surface area contributed by atoms with Gasteiger partial charge in [-0.25, -0.2) is 0 Å². The van der Waals surface area contributed by atoms with Gasteiger partial charge in [-0.1, -0.05) is 13.8 Å². The van der Waals surface area contributed by atoms with E-state index < -0.39 is 0 Å². The molecule has 94 valence electrons. The molecule has 0 aromatic carbocycles. The molecule has 0 saturated carbocycles. The summed E-state index contributed by atoms with van der Waals surface area (Å²) in [5.41, 5.74) is 1.04. The molecule has 17 heavy (non-hydrogen) atoms. The smallest absolute Gasteiger partial charge is 0.227 e. The fourth-order valence-electron chi connectivity index (χ4n) is 2.05. The number of aromatic nitrogens is 2. The predicted molar refractivity (Wildman–Crippen MR) is 66.9 cm³/mol. The van der Waals surface area contributed by atoms with Crippen molar-refractivity contribution in [2.75, 3.05) is 11.9 Å². The number of anilines is 1. The number of rotatable bonds is 4. The van der Waals surface area contributed by atoms with E-state index in [1.807, 2.05) is 6.07 Å². The van der Waals surface area contributed by atoms with Crippen molar-refractivity contribution in [3.8, 4) is 0 Å². The lowest BCUT2D eigenvalue weighted by Gasteiger charge is -2.08. The summed E-state index contributed by atoms with van der Waals surface area (Å²) >= 11 is 0. The van der Waals surface area contributed by atoms with Crippen molar-refractivity contribution < 1.29 is 4.79 Å². The number of hydrogen-bond donors (Lipinski definition) is 3. The Balaban J connectivity index is 1.84. The summed E-state index contributed by atoms with van der Waals surface area (Å²) < 4.78 is 0. The van der Waals surface area contributed by atoms with Gasteiger partial charge in [-0.3, -0.25) is 9.89 Å². The molecule has 0 aliphatic carbocycles. The van der Waals surface area contributed by atoms with Crippen molar-refractivity contribution in [1.29, 1.82) is 0 Å². The van der Waals surface area contributed by atoms with Crippen LogP contribution in [-0.4, -0.2) is 28.7 Å². The third-order valence-electron chi connectivity index (χ3n) is 3.08. The van der Waals surface area contributed by atoms with Gasteiger partial charge in [0.05, 0.1) is 0 Å². The number of aromatic amines is 1. The minimum absolute atomic E-state index is 0.0335. The van der Waals surface area contributed by atoms with Gasteiger partial charge < -0.3 is 10.6 Å². The van der Waals surface area contributed by atoms with E-state index in [9.17, 15) is 4.79 Å². The largest absolute Gasteiger partial charge is 0.313 e. The normalized spacial score (nSPS) is 19.8. The van der Waals surface area contributed by atoms with Gasteiger partial charge in [0, 0.05) is 24.2 Å². The molecular weight excluding hydrogens is 216 g/mol. The summed E-state index contributed by atoms with van der Waals surface area (Å²) in [6.07, 6.45) is 2.78. The predicted octanol–water partition coefficient (Wildman–Crippen LogP) is 1.61. The molecular formula is C12H20N4O. The molecule has 1 fully saturated rings. The highest BCUT2D eigenvalue weighted by Crippen LogP contribution is 2.15. The fourth-order valence-corrected chi connectivity index (χ4v) is 2.05. The first-order valence-electron chi connectivity index (χ1n) is 6.23. The number of carbonyl (C=O) groups is 1. The first kappa shape index (κ1) is 12.1. The lowest BCUT2D eigenvalue weighted by Crippen LogP contribution is -2.27. The number of hydrogen-bond acceptors (Lipinski definition) is 3. The van der Waals surface area contributed by atoms with Crippen LogP contribution in [0.4, 0.5) is 5.82 Å². The van der Waals surface area contributed by atoms with Crippen molar-refractivity contribution in [2.24, 2.45) is 0 Å². The van der Waals surface area contributed by atoms with Crippen molar-refractivity contribution in [3.05, 3.63) is 11.8 Å².